The lowest BCUT2D eigenvalue weighted by Gasteiger charge is -2.15. The molecule has 0 bridgehead atoms. The van der Waals surface area contributed by atoms with Gasteiger partial charge in [-0.1, -0.05) is 47.6 Å². The number of halogens is 3. The van der Waals surface area contributed by atoms with E-state index in [1.165, 1.54) is 42.5 Å². The molecular weight excluding hydrogens is 416 g/mol. The maximum absolute atomic E-state index is 14.3. The van der Waals surface area contributed by atoms with Crippen LogP contribution in [0.2, 0.25) is 5.02 Å². The third kappa shape index (κ3) is 3.69. The first kappa shape index (κ1) is 19.4. The van der Waals surface area contributed by atoms with Gasteiger partial charge in [-0.05, 0) is 54.1 Å². The number of hydrogen-bond acceptors (Lipinski definition) is 3. The smallest absolute Gasteiger partial charge is 0.268 e. The number of hydrogen-bond donors (Lipinski definition) is 0. The predicted octanol–water partition coefficient (Wildman–Crippen LogP) is 5.70. The lowest BCUT2D eigenvalue weighted by molar-refractivity contribution is -0.119. The highest BCUT2D eigenvalue weighted by Crippen LogP contribution is 2.42. The number of imide groups is 1. The Balaban J connectivity index is 1.83. The molecular formula is C22H12ClF2NO2S. The van der Waals surface area contributed by atoms with E-state index in [-0.39, 0.29) is 16.2 Å². The molecule has 0 aliphatic carbocycles. The number of benzene rings is 3. The first-order valence-electron chi connectivity index (χ1n) is 8.52. The fourth-order valence-electron chi connectivity index (χ4n) is 2.95. The van der Waals surface area contributed by atoms with E-state index in [1.54, 1.807) is 30.3 Å². The Labute approximate surface area is 174 Å². The predicted molar refractivity (Wildman–Crippen MR) is 110 cm³/mol. The molecule has 3 aromatic carbocycles. The van der Waals surface area contributed by atoms with Crippen molar-refractivity contribution in [1.29, 1.82) is 0 Å². The van der Waals surface area contributed by atoms with E-state index in [2.05, 4.69) is 0 Å². The van der Waals surface area contributed by atoms with Gasteiger partial charge in [-0.25, -0.2) is 13.7 Å². The second kappa shape index (κ2) is 7.81. The summed E-state index contributed by atoms with van der Waals surface area (Å²) in [6, 6.07) is 17.6. The van der Waals surface area contributed by atoms with Gasteiger partial charge in [0.05, 0.1) is 16.2 Å². The second-order valence-corrected chi connectivity index (χ2v) is 7.68. The van der Waals surface area contributed by atoms with Crippen LogP contribution < -0.4 is 4.90 Å². The fourth-order valence-corrected chi connectivity index (χ4v) is 4.07. The molecule has 1 aliphatic heterocycles. The molecule has 0 radical (unpaired) electrons. The summed E-state index contributed by atoms with van der Waals surface area (Å²) < 4.78 is 27.7. The van der Waals surface area contributed by atoms with Crippen molar-refractivity contribution >= 4 is 46.4 Å². The van der Waals surface area contributed by atoms with Gasteiger partial charge in [0, 0.05) is 9.92 Å². The minimum atomic E-state index is -0.689. The van der Waals surface area contributed by atoms with Gasteiger partial charge in [-0.2, -0.15) is 0 Å². The minimum absolute atomic E-state index is 0.0956. The Hall–Kier alpha value is -2.96. The zero-order chi connectivity index (χ0) is 20.5. The van der Waals surface area contributed by atoms with Gasteiger partial charge < -0.3 is 0 Å². The number of rotatable bonds is 4. The normalized spacial score (nSPS) is 14.1. The maximum Gasteiger partial charge on any atom is 0.273 e. The third-order valence-electron chi connectivity index (χ3n) is 4.30. The number of nitrogens with zero attached hydrogens (tertiary/aromatic N) is 1. The number of anilines is 1. The zero-order valence-corrected chi connectivity index (χ0v) is 16.3. The molecule has 7 heteroatoms. The van der Waals surface area contributed by atoms with Gasteiger partial charge in [0.2, 0.25) is 0 Å². The molecule has 0 unspecified atom stereocenters. The summed E-state index contributed by atoms with van der Waals surface area (Å²) in [5.74, 6) is -2.46. The average molecular weight is 428 g/mol. The van der Waals surface area contributed by atoms with Gasteiger partial charge in [0.25, 0.3) is 11.8 Å². The number of para-hydroxylation sites is 1. The molecule has 1 heterocycles. The van der Waals surface area contributed by atoms with Crippen molar-refractivity contribution in [3.05, 3.63) is 99.9 Å². The van der Waals surface area contributed by atoms with Crippen LogP contribution in [0.15, 0.2) is 82.6 Å². The molecule has 0 atom stereocenters. The fraction of sp³-hybridized carbons (Fsp3) is 0. The van der Waals surface area contributed by atoms with E-state index in [0.29, 0.717) is 15.5 Å². The Bertz CT molecular complexity index is 1140. The van der Waals surface area contributed by atoms with Crippen LogP contribution in [0.5, 0.6) is 0 Å². The van der Waals surface area contributed by atoms with Crippen molar-refractivity contribution < 1.29 is 18.4 Å². The first-order valence-corrected chi connectivity index (χ1v) is 9.72. The van der Waals surface area contributed by atoms with Crippen molar-refractivity contribution in [3.63, 3.8) is 0 Å². The van der Waals surface area contributed by atoms with Gasteiger partial charge in [0.15, 0.2) is 0 Å². The van der Waals surface area contributed by atoms with E-state index in [9.17, 15) is 18.4 Å². The monoisotopic (exact) mass is 427 g/mol. The Morgan fingerprint density at radius 1 is 0.793 bits per heavy atom. The number of thioether (sulfide) groups is 1. The van der Waals surface area contributed by atoms with E-state index in [0.717, 1.165) is 16.7 Å². The third-order valence-corrected chi connectivity index (χ3v) is 5.64. The van der Waals surface area contributed by atoms with Crippen molar-refractivity contribution in [3.8, 4) is 0 Å². The van der Waals surface area contributed by atoms with Gasteiger partial charge >= 0.3 is 0 Å². The lowest BCUT2D eigenvalue weighted by atomic mass is 10.1. The van der Waals surface area contributed by atoms with Crippen LogP contribution in [-0.2, 0) is 9.59 Å². The molecule has 0 saturated heterocycles. The highest BCUT2D eigenvalue weighted by Gasteiger charge is 2.41. The largest absolute Gasteiger partial charge is 0.273 e. The Morgan fingerprint density at radius 2 is 1.45 bits per heavy atom. The summed E-state index contributed by atoms with van der Waals surface area (Å²) in [6.07, 6.45) is 0. The summed E-state index contributed by atoms with van der Waals surface area (Å²) in [4.78, 5) is 27.9. The highest BCUT2D eigenvalue weighted by molar-refractivity contribution is 8.04. The molecule has 0 spiro atoms. The molecule has 2 amide bonds. The Kier molecular flexibility index (Phi) is 5.22. The van der Waals surface area contributed by atoms with Gasteiger partial charge in [0.1, 0.15) is 11.6 Å². The first-order chi connectivity index (χ1) is 14.0. The van der Waals surface area contributed by atoms with Crippen LogP contribution in [0.25, 0.3) is 5.57 Å². The number of carbonyl (C=O) groups excluding carboxylic acids is 2. The molecule has 1 aliphatic rings. The van der Waals surface area contributed by atoms with Crippen LogP contribution in [0.4, 0.5) is 14.5 Å². The molecule has 0 saturated carbocycles. The van der Waals surface area contributed by atoms with Crippen LogP contribution in [0, 0.1) is 11.6 Å². The molecule has 4 rings (SSSR count). The van der Waals surface area contributed by atoms with Gasteiger partial charge in [-0.3, -0.25) is 9.59 Å². The van der Waals surface area contributed by atoms with E-state index < -0.39 is 23.4 Å². The van der Waals surface area contributed by atoms with Crippen LogP contribution in [0.3, 0.4) is 0 Å². The van der Waals surface area contributed by atoms with E-state index in [1.807, 2.05) is 0 Å². The van der Waals surface area contributed by atoms with Crippen molar-refractivity contribution in [1.82, 2.24) is 0 Å². The van der Waals surface area contributed by atoms with Crippen LogP contribution in [0.1, 0.15) is 5.56 Å². The Morgan fingerprint density at radius 3 is 2.10 bits per heavy atom. The summed E-state index contributed by atoms with van der Waals surface area (Å²) in [5, 5.41) is 0.531. The summed E-state index contributed by atoms with van der Waals surface area (Å²) in [6.45, 7) is 0. The molecule has 0 N–H and O–H groups in total. The van der Waals surface area contributed by atoms with Crippen LogP contribution >= 0.6 is 23.4 Å². The summed E-state index contributed by atoms with van der Waals surface area (Å²) in [7, 11) is 0. The highest BCUT2D eigenvalue weighted by atomic mass is 35.5. The molecule has 3 aromatic rings. The number of carbonyl (C=O) groups is 2. The van der Waals surface area contributed by atoms with E-state index >= 15 is 0 Å². The zero-order valence-electron chi connectivity index (χ0n) is 14.7. The maximum atomic E-state index is 14.3. The van der Waals surface area contributed by atoms with Crippen LogP contribution in [-0.4, -0.2) is 11.8 Å². The van der Waals surface area contributed by atoms with Crippen molar-refractivity contribution in [2.75, 3.05) is 4.90 Å². The van der Waals surface area contributed by atoms with Crippen molar-refractivity contribution in [2.45, 2.75) is 4.90 Å². The molecule has 3 nitrogen and oxygen atoms in total. The summed E-state index contributed by atoms with van der Waals surface area (Å²) >= 11 is 6.99. The van der Waals surface area contributed by atoms with Gasteiger partial charge in [-0.15, -0.1) is 0 Å². The standard InChI is InChI=1S/C22H12ClF2NO2S/c23-14-7-11-16(12-8-14)29-20-19(13-5-9-15(24)10-6-13)21(27)26(22(20)28)18-4-2-1-3-17(18)25/h1-12H. The lowest BCUT2D eigenvalue weighted by Crippen LogP contribution is -2.32. The average Bonchev–Trinajstić information content (AvgIpc) is 2.95. The molecule has 29 heavy (non-hydrogen) atoms. The molecule has 144 valence electrons. The SMILES string of the molecule is O=C1C(Sc2ccc(Cl)cc2)=C(c2ccc(F)cc2)C(=O)N1c1ccccc1F. The quantitative estimate of drug-likeness (QED) is 0.501. The van der Waals surface area contributed by atoms with E-state index in [4.69, 9.17) is 11.6 Å². The number of amides is 2. The molecule has 0 aromatic heterocycles. The summed E-state index contributed by atoms with van der Waals surface area (Å²) in [5.41, 5.74) is 0.340. The second-order valence-electron chi connectivity index (χ2n) is 6.16. The van der Waals surface area contributed by atoms with Crippen molar-refractivity contribution in [2.24, 2.45) is 0 Å². The molecule has 0 fully saturated rings. The minimum Gasteiger partial charge on any atom is -0.268 e. The topological polar surface area (TPSA) is 37.4 Å².